The summed E-state index contributed by atoms with van der Waals surface area (Å²) in [6.45, 7) is 0. The molecule has 0 aliphatic carbocycles. The van der Waals surface area contributed by atoms with E-state index in [-0.39, 0.29) is 199 Å². The van der Waals surface area contributed by atoms with Crippen LogP contribution in [-0.2, 0) is 35.1 Å². The van der Waals surface area contributed by atoms with Crippen LogP contribution in [0.1, 0.15) is 24.8 Å². The molecule has 5 heterocycles. The molecule has 20 nitrogen and oxygen atoms in total. The summed E-state index contributed by atoms with van der Waals surface area (Å²) in [5.41, 5.74) is 0.787. The predicted octanol–water partition coefficient (Wildman–Crippen LogP) is -6.75. The summed E-state index contributed by atoms with van der Waals surface area (Å²) in [6.07, 6.45) is 0.574. The molecule has 0 amide bonds. The molecule has 0 fully saturated rings. The number of carboxylic acid groups (broad SMARTS) is 1. The second-order valence-corrected chi connectivity index (χ2v) is 17.4. The van der Waals surface area contributed by atoms with Crippen LogP contribution in [0.15, 0.2) is 87.5 Å². The summed E-state index contributed by atoms with van der Waals surface area (Å²) in [5, 5.41) is 10.1. The monoisotopic (exact) mass is 1010 g/mol. The van der Waals surface area contributed by atoms with Gasteiger partial charge in [0.05, 0.1) is 26.3 Å². The molecule has 0 spiro atoms. The number of benzene rings is 4. The standard InChI is InChI=1S/C38H23N8O11S3.Ga.3Na.H2O/c47-30(48)5-3-1-2-4-18-6-10-22-26(14-18)35-39-31(22)41-36-28-16-20(59(52,53)54)8-12-24(28)33(43-36)45-38-29-17-21(60(55,56)57)9-13-25(29)34(46-38)44-37-27-15-19(58(49,50)51)7-11-23(27)32(40-35)42-37;;;;;/h6-17H,1,3,5H2,(H5-,39,40,41,42,43,44,45,46,47,48,49,50,51,52,53,54,55,56,57);;;;;1H2/q-1;;3*+1;/p-4. The number of aliphatic carboxylic acids is 1. The first-order chi connectivity index (χ1) is 28.4. The Balaban J connectivity index is 0.00000185. The Labute approximate surface area is 447 Å². The van der Waals surface area contributed by atoms with Crippen molar-refractivity contribution in [2.24, 2.45) is 0 Å². The minimum absolute atomic E-state index is 0. The number of carboxylic acids is 1. The molecule has 0 saturated carbocycles. The van der Waals surface area contributed by atoms with Gasteiger partial charge in [-0.05, 0) is 82.6 Å². The van der Waals surface area contributed by atoms with Crippen molar-refractivity contribution in [1.82, 2.24) is 39.9 Å². The van der Waals surface area contributed by atoms with E-state index in [1.54, 1.807) is 18.2 Å². The molecular weight excluding hydrogens is 995 g/mol. The fourth-order valence-corrected chi connectivity index (χ4v) is 8.13. The molecule has 65 heavy (non-hydrogen) atoms. The van der Waals surface area contributed by atoms with Crippen molar-refractivity contribution in [2.45, 2.75) is 33.9 Å². The zero-order valence-corrected chi connectivity index (χ0v) is 44.8. The molecule has 3 N–H and O–H groups in total. The quantitative estimate of drug-likeness (QED) is 0.0700. The first-order valence-electron chi connectivity index (χ1n) is 17.3. The maximum absolute atomic E-state index is 12.1. The second-order valence-electron chi connectivity index (χ2n) is 13.3. The van der Waals surface area contributed by atoms with E-state index in [4.69, 9.17) is 10.1 Å². The minimum Gasteiger partial charge on any atom is -0.744 e. The van der Waals surface area contributed by atoms with Gasteiger partial charge in [0.1, 0.15) is 30.4 Å². The smallest absolute Gasteiger partial charge is 0.744 e. The zero-order valence-electron chi connectivity index (χ0n) is 34.0. The average molecular weight is 1020 g/mol. The molecule has 2 aliphatic rings. The molecule has 4 aromatic carbocycles. The van der Waals surface area contributed by atoms with Crippen molar-refractivity contribution in [3.05, 3.63) is 78.4 Å². The maximum atomic E-state index is 12.1. The summed E-state index contributed by atoms with van der Waals surface area (Å²) in [4.78, 5) is 46.0. The van der Waals surface area contributed by atoms with E-state index in [9.17, 15) is 43.7 Å². The van der Waals surface area contributed by atoms with E-state index in [2.05, 4.69) is 46.7 Å². The van der Waals surface area contributed by atoms with Gasteiger partial charge in [-0.1, -0.05) is 30.0 Å². The topological polar surface area (TPSA) is 346 Å². The van der Waals surface area contributed by atoms with Gasteiger partial charge >= 0.3 is 94.6 Å². The summed E-state index contributed by atoms with van der Waals surface area (Å²) < 4.78 is 109. The van der Waals surface area contributed by atoms with Gasteiger partial charge in [0.25, 0.3) is 0 Å². The van der Waals surface area contributed by atoms with Crippen LogP contribution in [0, 0.1) is 11.8 Å². The van der Waals surface area contributed by atoms with E-state index in [0.29, 0.717) is 29.2 Å². The van der Waals surface area contributed by atoms with Gasteiger partial charge in [0, 0.05) is 83.0 Å². The van der Waals surface area contributed by atoms with Crippen molar-refractivity contribution in [3.63, 3.8) is 0 Å². The van der Waals surface area contributed by atoms with Crippen LogP contribution in [0.25, 0.3) is 89.7 Å². The van der Waals surface area contributed by atoms with Crippen molar-refractivity contribution in [1.29, 1.82) is 0 Å². The Morgan fingerprint density at radius 3 is 1.46 bits per heavy atom. The minimum atomic E-state index is -4.99. The largest absolute Gasteiger partial charge is 1.00 e. The number of fused-ring (bicyclic) bond motifs is 20. The molecule has 3 radical (unpaired) electrons. The molecule has 27 heteroatoms. The van der Waals surface area contributed by atoms with E-state index < -0.39 is 51.0 Å². The van der Waals surface area contributed by atoms with Crippen LogP contribution in [-0.4, -0.2) is 105 Å². The SMILES string of the molecule is O.O=C(O)CCCC#Cc1ccc2c3nc4nc(nc5nc(nc6[n-]c(nc([n-]3)c2c1)c1ccc(S(=O)(=O)[O-])cc61)-c1ccc(S(=O)(=O)[O-])cc1-5)-c1ccc(S(=O)(=O)[O-])cc1-4.[Ga].[Na+].[Na+].[Na+]. The van der Waals surface area contributed by atoms with Crippen LogP contribution in [0.5, 0.6) is 0 Å². The molecule has 7 aromatic rings. The Hall–Kier alpha value is -3.40. The third-order valence-electron chi connectivity index (χ3n) is 9.41. The molecule has 0 atom stereocenters. The van der Waals surface area contributed by atoms with Crippen molar-refractivity contribution >= 4 is 100 Å². The fourth-order valence-electron chi connectivity index (χ4n) is 6.64. The number of unbranched alkanes of at least 4 members (excludes halogenated alkanes) is 1. The van der Waals surface area contributed by atoms with Gasteiger partial charge in [-0.3, -0.25) is 4.79 Å². The van der Waals surface area contributed by atoms with E-state index in [1.807, 2.05) is 0 Å². The van der Waals surface area contributed by atoms with Crippen LogP contribution in [0.2, 0.25) is 0 Å². The summed E-state index contributed by atoms with van der Waals surface area (Å²) in [5.74, 6) is 4.41. The Morgan fingerprint density at radius 2 is 0.938 bits per heavy atom. The van der Waals surface area contributed by atoms with Crippen LogP contribution >= 0.6 is 0 Å². The van der Waals surface area contributed by atoms with Crippen LogP contribution < -0.4 is 98.6 Å². The molecule has 2 aliphatic heterocycles. The summed E-state index contributed by atoms with van der Waals surface area (Å²) in [7, 11) is -14.9. The average Bonchev–Trinajstić information content (AvgIpc) is 3.91. The Morgan fingerprint density at radius 1 is 0.538 bits per heavy atom. The third kappa shape index (κ3) is 10.8. The molecule has 311 valence electrons. The van der Waals surface area contributed by atoms with E-state index in [0.717, 1.165) is 36.4 Å². The van der Waals surface area contributed by atoms with E-state index >= 15 is 0 Å². The zero-order chi connectivity index (χ0) is 42.3. The maximum Gasteiger partial charge on any atom is 1.00 e. The summed E-state index contributed by atoms with van der Waals surface area (Å²) >= 11 is 0. The van der Waals surface area contributed by atoms with Gasteiger partial charge in [-0.25, -0.2) is 40.2 Å². The molecular formula is C38H21GaN8Na3O12S3-2. The van der Waals surface area contributed by atoms with Gasteiger partial charge in [0.15, 0.2) is 11.6 Å². The normalized spacial score (nSPS) is 11.6. The fraction of sp³-hybridized carbons (Fsp3) is 0.0789. The van der Waals surface area contributed by atoms with Crippen LogP contribution in [0.3, 0.4) is 0 Å². The summed E-state index contributed by atoms with van der Waals surface area (Å²) in [6, 6.07) is 15.2. The van der Waals surface area contributed by atoms with E-state index in [1.165, 1.54) is 18.2 Å². The number of aromatic nitrogens is 8. The number of nitrogens with zero attached hydrogens (tertiary/aromatic N) is 8. The molecule has 0 unspecified atom stereocenters. The van der Waals surface area contributed by atoms with Gasteiger partial charge in [0.2, 0.25) is 0 Å². The van der Waals surface area contributed by atoms with Gasteiger partial charge in [-0.2, -0.15) is 0 Å². The number of rotatable bonds is 6. The molecule has 8 bridgehead atoms. The second kappa shape index (κ2) is 20.4. The van der Waals surface area contributed by atoms with Crippen LogP contribution in [0.4, 0.5) is 0 Å². The van der Waals surface area contributed by atoms with Crippen molar-refractivity contribution in [3.8, 4) is 57.4 Å². The molecule has 0 saturated heterocycles. The first kappa shape index (κ1) is 54.2. The van der Waals surface area contributed by atoms with Gasteiger partial charge in [-0.15, -0.1) is 0 Å². The van der Waals surface area contributed by atoms with Crippen molar-refractivity contribution < 1.29 is 143 Å². The number of hydrogen-bond acceptors (Lipinski definition) is 16. The predicted molar refractivity (Wildman–Crippen MR) is 216 cm³/mol. The Kier molecular flexibility index (Phi) is 17.1. The number of hydrogen-bond donors (Lipinski definition) is 1. The molecule has 3 aromatic heterocycles. The third-order valence-corrected chi connectivity index (χ3v) is 11.9. The van der Waals surface area contributed by atoms with Gasteiger partial charge < -0.3 is 49.2 Å². The first-order valence-corrected chi connectivity index (χ1v) is 21.5. The van der Waals surface area contributed by atoms with Crippen molar-refractivity contribution in [2.75, 3.05) is 0 Å². The number of carbonyl (C=O) groups is 1. The Bertz CT molecular complexity index is 3700. The molecule has 9 rings (SSSR count).